The molecule has 0 saturated heterocycles. The number of halogens is 2. The fourth-order valence-electron chi connectivity index (χ4n) is 2.60. The number of rotatable bonds is 9. The molecule has 0 radical (unpaired) electrons. The van der Waals surface area contributed by atoms with Crippen molar-refractivity contribution in [3.63, 3.8) is 0 Å². The highest BCUT2D eigenvalue weighted by molar-refractivity contribution is 14.0. The minimum atomic E-state index is -0.779. The number of hydrogen-bond acceptors (Lipinski definition) is 4. The van der Waals surface area contributed by atoms with Gasteiger partial charge in [0.15, 0.2) is 5.96 Å². The summed E-state index contributed by atoms with van der Waals surface area (Å²) in [6, 6.07) is 13.5. The minimum absolute atomic E-state index is 0. The molecule has 0 amide bonds. The maximum absolute atomic E-state index is 12.9. The number of aliphatic hydroxyl groups excluding tert-OH is 1. The number of methoxy groups -OCH3 is 1. The average molecular weight is 517 g/mol. The first-order valence-corrected chi connectivity index (χ1v) is 9.21. The Labute approximate surface area is 188 Å². The number of benzene rings is 2. The Hall–Kier alpha value is -2.07. The molecule has 2 N–H and O–H groups in total. The highest BCUT2D eigenvalue weighted by Gasteiger charge is 2.11. The van der Waals surface area contributed by atoms with Crippen molar-refractivity contribution >= 4 is 29.9 Å². The maximum atomic E-state index is 12.9. The molecule has 6 nitrogen and oxygen atoms in total. The summed E-state index contributed by atoms with van der Waals surface area (Å²) in [6.45, 7) is 3.56. The number of para-hydroxylation sites is 1. The van der Waals surface area contributed by atoms with Gasteiger partial charge in [0.2, 0.25) is 0 Å². The van der Waals surface area contributed by atoms with Gasteiger partial charge in [0.25, 0.3) is 0 Å². The first-order valence-electron chi connectivity index (χ1n) is 9.21. The van der Waals surface area contributed by atoms with Gasteiger partial charge in [-0.3, -0.25) is 4.99 Å². The second-order valence-electron chi connectivity index (χ2n) is 6.28. The van der Waals surface area contributed by atoms with Crippen molar-refractivity contribution in [3.8, 4) is 11.5 Å². The number of nitrogens with one attached hydrogen (secondary N) is 1. The SMILES string of the molecule is CCNC(=NCC(O)COc1ccc(F)cc1)N(C)Cc1ccccc1OC.I. The molecule has 2 aromatic carbocycles. The van der Waals surface area contributed by atoms with Gasteiger partial charge in [0.1, 0.15) is 30.0 Å². The zero-order valence-electron chi connectivity index (χ0n) is 17.0. The van der Waals surface area contributed by atoms with Crippen LogP contribution in [0, 0.1) is 5.82 Å². The largest absolute Gasteiger partial charge is 0.496 e. The third-order valence-corrected chi connectivity index (χ3v) is 4.00. The Bertz CT molecular complexity index is 759. The fourth-order valence-corrected chi connectivity index (χ4v) is 2.60. The quantitative estimate of drug-likeness (QED) is 0.304. The first-order chi connectivity index (χ1) is 13.5. The van der Waals surface area contributed by atoms with Gasteiger partial charge in [0.05, 0.1) is 13.7 Å². The Balaban J connectivity index is 0.00000420. The third-order valence-electron chi connectivity index (χ3n) is 4.00. The number of aliphatic imine (C=N–C) groups is 1. The first kappa shape index (κ1) is 25.0. The molecule has 0 spiro atoms. The van der Waals surface area contributed by atoms with Crippen LogP contribution in [0.2, 0.25) is 0 Å². The molecule has 2 aromatic rings. The molecule has 160 valence electrons. The summed E-state index contributed by atoms with van der Waals surface area (Å²) in [4.78, 5) is 6.46. The van der Waals surface area contributed by atoms with Crippen LogP contribution in [0.3, 0.4) is 0 Å². The van der Waals surface area contributed by atoms with Crippen LogP contribution in [-0.4, -0.2) is 55.9 Å². The average Bonchev–Trinajstić information content (AvgIpc) is 2.71. The predicted octanol–water partition coefficient (Wildman–Crippen LogP) is 3.29. The molecule has 0 heterocycles. The van der Waals surface area contributed by atoms with E-state index in [9.17, 15) is 9.50 Å². The van der Waals surface area contributed by atoms with Gasteiger partial charge in [0, 0.05) is 25.7 Å². The van der Waals surface area contributed by atoms with Crippen LogP contribution in [-0.2, 0) is 6.54 Å². The van der Waals surface area contributed by atoms with Gasteiger partial charge >= 0.3 is 0 Å². The predicted molar refractivity (Wildman–Crippen MR) is 124 cm³/mol. The Morgan fingerprint density at radius 2 is 1.90 bits per heavy atom. The van der Waals surface area contributed by atoms with Gasteiger partial charge in [-0.15, -0.1) is 24.0 Å². The lowest BCUT2D eigenvalue weighted by Gasteiger charge is -2.23. The molecule has 0 aromatic heterocycles. The van der Waals surface area contributed by atoms with Crippen LogP contribution in [0.1, 0.15) is 12.5 Å². The molecule has 0 aliphatic rings. The summed E-state index contributed by atoms with van der Waals surface area (Å²) in [6.07, 6.45) is -0.779. The van der Waals surface area contributed by atoms with E-state index in [4.69, 9.17) is 9.47 Å². The number of guanidine groups is 1. The molecule has 8 heteroatoms. The van der Waals surface area contributed by atoms with E-state index in [1.165, 1.54) is 24.3 Å². The standard InChI is InChI=1S/C21H28FN3O3.HI/c1-4-23-21(25(2)14-16-7-5-6-8-20(16)27-3)24-13-18(26)15-28-19-11-9-17(22)10-12-19;/h5-12,18,26H,4,13-15H2,1-3H3,(H,23,24);1H. The van der Waals surface area contributed by atoms with E-state index < -0.39 is 6.10 Å². The number of ether oxygens (including phenoxy) is 2. The molecule has 1 unspecified atom stereocenters. The second-order valence-corrected chi connectivity index (χ2v) is 6.28. The highest BCUT2D eigenvalue weighted by atomic mass is 127. The summed E-state index contributed by atoms with van der Waals surface area (Å²) in [5.74, 6) is 1.67. The van der Waals surface area contributed by atoms with Crippen molar-refractivity contribution < 1.29 is 19.0 Å². The molecule has 0 fully saturated rings. The molecule has 29 heavy (non-hydrogen) atoms. The van der Waals surface area contributed by atoms with E-state index in [1.54, 1.807) is 7.11 Å². The molecular weight excluding hydrogens is 488 g/mol. The molecular formula is C21H29FIN3O3. The normalized spacial score (nSPS) is 12.0. The Morgan fingerprint density at radius 3 is 2.55 bits per heavy atom. The van der Waals surface area contributed by atoms with Crippen LogP contribution in [0.5, 0.6) is 11.5 Å². The Kier molecular flexibility index (Phi) is 11.4. The molecule has 0 aliphatic heterocycles. The molecule has 0 saturated carbocycles. The summed E-state index contributed by atoms with van der Waals surface area (Å²) < 4.78 is 23.8. The lowest BCUT2D eigenvalue weighted by molar-refractivity contribution is 0.114. The highest BCUT2D eigenvalue weighted by Crippen LogP contribution is 2.18. The molecule has 0 bridgehead atoms. The van der Waals surface area contributed by atoms with Crippen LogP contribution < -0.4 is 14.8 Å². The van der Waals surface area contributed by atoms with Crippen LogP contribution in [0.25, 0.3) is 0 Å². The zero-order valence-corrected chi connectivity index (χ0v) is 19.3. The van der Waals surface area contributed by atoms with E-state index in [0.717, 1.165) is 11.3 Å². The monoisotopic (exact) mass is 517 g/mol. The third kappa shape index (κ3) is 8.45. The van der Waals surface area contributed by atoms with Crippen LogP contribution in [0.4, 0.5) is 4.39 Å². The van der Waals surface area contributed by atoms with E-state index in [2.05, 4.69) is 10.3 Å². The van der Waals surface area contributed by atoms with Gasteiger partial charge < -0.3 is 24.8 Å². The summed E-state index contributed by atoms with van der Waals surface area (Å²) >= 11 is 0. The number of aliphatic hydroxyl groups is 1. The van der Waals surface area contributed by atoms with Gasteiger partial charge in [-0.05, 0) is 37.3 Å². The van der Waals surface area contributed by atoms with E-state index in [-0.39, 0.29) is 42.9 Å². The molecule has 0 aliphatic carbocycles. The van der Waals surface area contributed by atoms with E-state index in [0.29, 0.717) is 24.8 Å². The van der Waals surface area contributed by atoms with Crippen LogP contribution >= 0.6 is 24.0 Å². The van der Waals surface area contributed by atoms with Crippen molar-refractivity contribution in [2.75, 3.05) is 33.9 Å². The molecule has 1 atom stereocenters. The van der Waals surface area contributed by atoms with Gasteiger partial charge in [-0.2, -0.15) is 0 Å². The minimum Gasteiger partial charge on any atom is -0.496 e. The van der Waals surface area contributed by atoms with Crippen molar-refractivity contribution in [1.29, 1.82) is 0 Å². The lowest BCUT2D eigenvalue weighted by Crippen LogP contribution is -2.39. The lowest BCUT2D eigenvalue weighted by atomic mass is 10.2. The summed E-state index contributed by atoms with van der Waals surface area (Å²) in [5.41, 5.74) is 1.04. The smallest absolute Gasteiger partial charge is 0.194 e. The van der Waals surface area contributed by atoms with Crippen LogP contribution in [0.15, 0.2) is 53.5 Å². The number of nitrogens with zero attached hydrogens (tertiary/aromatic N) is 2. The van der Waals surface area contributed by atoms with Crippen molar-refractivity contribution in [1.82, 2.24) is 10.2 Å². The Morgan fingerprint density at radius 1 is 1.21 bits per heavy atom. The summed E-state index contributed by atoms with van der Waals surface area (Å²) in [5, 5.41) is 13.4. The maximum Gasteiger partial charge on any atom is 0.194 e. The van der Waals surface area contributed by atoms with E-state index >= 15 is 0 Å². The second kappa shape index (κ2) is 13.2. The van der Waals surface area contributed by atoms with E-state index in [1.807, 2.05) is 43.1 Å². The van der Waals surface area contributed by atoms with Crippen molar-refractivity contribution in [2.45, 2.75) is 19.6 Å². The zero-order chi connectivity index (χ0) is 20.4. The van der Waals surface area contributed by atoms with Gasteiger partial charge in [-0.1, -0.05) is 18.2 Å². The van der Waals surface area contributed by atoms with Crippen molar-refractivity contribution in [2.24, 2.45) is 4.99 Å². The topological polar surface area (TPSA) is 66.3 Å². The van der Waals surface area contributed by atoms with Crippen molar-refractivity contribution in [3.05, 3.63) is 59.9 Å². The van der Waals surface area contributed by atoms with Gasteiger partial charge in [-0.25, -0.2) is 4.39 Å². The fraction of sp³-hybridized carbons (Fsp3) is 0.381. The summed E-state index contributed by atoms with van der Waals surface area (Å²) in [7, 11) is 3.57. The number of hydrogen-bond donors (Lipinski definition) is 2. The molecule has 2 rings (SSSR count).